The van der Waals surface area contributed by atoms with Crippen LogP contribution in [0.1, 0.15) is 12.8 Å². The van der Waals surface area contributed by atoms with Gasteiger partial charge in [-0.15, -0.1) is 0 Å². The van der Waals surface area contributed by atoms with Gasteiger partial charge in [-0.25, -0.2) is 0 Å². The lowest BCUT2D eigenvalue weighted by Gasteiger charge is -2.27. The van der Waals surface area contributed by atoms with Crippen LogP contribution in [-0.2, 0) is 9.59 Å². The first-order valence-corrected chi connectivity index (χ1v) is 6.73. The van der Waals surface area contributed by atoms with Crippen LogP contribution in [-0.4, -0.2) is 62.5 Å². The summed E-state index contributed by atoms with van der Waals surface area (Å²) in [5.74, 6) is 0.0794. The number of piperidine rings is 1. The molecular weight excluding hydrogens is 232 g/mol. The van der Waals surface area contributed by atoms with Gasteiger partial charge in [0.2, 0.25) is 11.8 Å². The Bertz CT molecular complexity index is 292. The van der Waals surface area contributed by atoms with Crippen molar-refractivity contribution in [2.24, 2.45) is 5.92 Å². The fraction of sp³-hybridized carbons (Fsp3) is 0.833. The van der Waals surface area contributed by atoms with Gasteiger partial charge in [-0.05, 0) is 6.42 Å². The standard InChI is InChI=1S/C12H22N4O2/c17-11-2-1-10(9-15-11)12(18)14-5-8-16-6-3-13-4-7-16/h10,13H,1-9H2,(H,14,18)(H,15,17). The van der Waals surface area contributed by atoms with Gasteiger partial charge in [-0.2, -0.15) is 0 Å². The number of nitrogens with one attached hydrogen (secondary N) is 3. The predicted molar refractivity (Wildman–Crippen MR) is 68.1 cm³/mol. The molecule has 6 nitrogen and oxygen atoms in total. The highest BCUT2D eigenvalue weighted by atomic mass is 16.2. The Kier molecular flexibility index (Phi) is 4.95. The molecule has 3 N–H and O–H groups in total. The van der Waals surface area contributed by atoms with Crippen molar-refractivity contribution in [3.8, 4) is 0 Å². The highest BCUT2D eigenvalue weighted by molar-refractivity contribution is 5.83. The van der Waals surface area contributed by atoms with Crippen molar-refractivity contribution in [3.63, 3.8) is 0 Å². The molecule has 0 bridgehead atoms. The van der Waals surface area contributed by atoms with E-state index in [2.05, 4.69) is 20.9 Å². The van der Waals surface area contributed by atoms with Crippen molar-refractivity contribution in [1.29, 1.82) is 0 Å². The van der Waals surface area contributed by atoms with Crippen LogP contribution in [0.5, 0.6) is 0 Å². The average Bonchev–Trinajstić information content (AvgIpc) is 2.40. The van der Waals surface area contributed by atoms with Crippen LogP contribution in [0.25, 0.3) is 0 Å². The van der Waals surface area contributed by atoms with E-state index in [0.29, 0.717) is 25.9 Å². The molecule has 2 amide bonds. The Morgan fingerprint density at radius 1 is 1.39 bits per heavy atom. The topological polar surface area (TPSA) is 73.5 Å². The third-order valence-electron chi connectivity index (χ3n) is 3.57. The van der Waals surface area contributed by atoms with E-state index in [0.717, 1.165) is 32.7 Å². The monoisotopic (exact) mass is 254 g/mol. The highest BCUT2D eigenvalue weighted by Crippen LogP contribution is 2.10. The van der Waals surface area contributed by atoms with Gasteiger partial charge < -0.3 is 16.0 Å². The number of carbonyl (C=O) groups excluding carboxylic acids is 2. The zero-order valence-electron chi connectivity index (χ0n) is 10.7. The van der Waals surface area contributed by atoms with Crippen molar-refractivity contribution in [2.45, 2.75) is 12.8 Å². The first kappa shape index (κ1) is 13.3. The van der Waals surface area contributed by atoms with E-state index in [1.807, 2.05) is 0 Å². The van der Waals surface area contributed by atoms with Gasteiger partial charge in [-0.1, -0.05) is 0 Å². The minimum atomic E-state index is -0.0503. The molecule has 0 radical (unpaired) electrons. The molecule has 2 aliphatic heterocycles. The lowest BCUT2D eigenvalue weighted by Crippen LogP contribution is -2.48. The number of rotatable bonds is 4. The third kappa shape index (κ3) is 3.96. The molecule has 0 aromatic carbocycles. The van der Waals surface area contributed by atoms with E-state index in [9.17, 15) is 9.59 Å². The SMILES string of the molecule is O=C1CCC(C(=O)NCCN2CCNCC2)CN1. The molecule has 2 fully saturated rings. The fourth-order valence-electron chi connectivity index (χ4n) is 2.37. The summed E-state index contributed by atoms with van der Waals surface area (Å²) in [6.45, 7) is 6.25. The van der Waals surface area contributed by atoms with Gasteiger partial charge in [0.1, 0.15) is 0 Å². The molecule has 102 valence electrons. The van der Waals surface area contributed by atoms with E-state index in [1.54, 1.807) is 0 Å². The van der Waals surface area contributed by atoms with Gasteiger partial charge in [0.05, 0.1) is 5.92 Å². The zero-order valence-corrected chi connectivity index (χ0v) is 10.7. The van der Waals surface area contributed by atoms with Crippen LogP contribution >= 0.6 is 0 Å². The molecule has 0 aromatic heterocycles. The maximum Gasteiger partial charge on any atom is 0.224 e. The first-order chi connectivity index (χ1) is 8.75. The number of amides is 2. The molecule has 2 heterocycles. The molecule has 0 aromatic rings. The second-order valence-corrected chi connectivity index (χ2v) is 4.92. The Morgan fingerprint density at radius 2 is 2.17 bits per heavy atom. The maximum absolute atomic E-state index is 11.9. The average molecular weight is 254 g/mol. The zero-order chi connectivity index (χ0) is 12.8. The summed E-state index contributed by atoms with van der Waals surface area (Å²) in [5, 5.41) is 9.00. The van der Waals surface area contributed by atoms with E-state index < -0.39 is 0 Å². The number of nitrogens with zero attached hydrogens (tertiary/aromatic N) is 1. The highest BCUT2D eigenvalue weighted by Gasteiger charge is 2.24. The van der Waals surface area contributed by atoms with Gasteiger partial charge in [-0.3, -0.25) is 14.5 Å². The smallest absolute Gasteiger partial charge is 0.224 e. The van der Waals surface area contributed by atoms with Crippen molar-refractivity contribution in [2.75, 3.05) is 45.8 Å². The summed E-state index contributed by atoms with van der Waals surface area (Å²) in [6.07, 6.45) is 1.14. The number of hydrogen-bond donors (Lipinski definition) is 3. The van der Waals surface area contributed by atoms with Crippen LogP contribution in [0.15, 0.2) is 0 Å². The van der Waals surface area contributed by atoms with Gasteiger partial charge in [0.15, 0.2) is 0 Å². The molecular formula is C12H22N4O2. The van der Waals surface area contributed by atoms with Gasteiger partial charge in [0.25, 0.3) is 0 Å². The van der Waals surface area contributed by atoms with Crippen molar-refractivity contribution in [1.82, 2.24) is 20.9 Å². The minimum Gasteiger partial charge on any atom is -0.355 e. The van der Waals surface area contributed by atoms with Crippen LogP contribution in [0.2, 0.25) is 0 Å². The second-order valence-electron chi connectivity index (χ2n) is 4.92. The van der Waals surface area contributed by atoms with E-state index in [1.165, 1.54) is 0 Å². The Labute approximate surface area is 107 Å². The normalized spacial score (nSPS) is 25.6. The number of carbonyl (C=O) groups is 2. The van der Waals surface area contributed by atoms with Gasteiger partial charge in [0, 0.05) is 52.2 Å². The lowest BCUT2D eigenvalue weighted by atomic mass is 9.98. The maximum atomic E-state index is 11.9. The Balaban J connectivity index is 1.60. The molecule has 0 saturated carbocycles. The summed E-state index contributed by atoms with van der Waals surface area (Å²) in [4.78, 5) is 25.2. The predicted octanol–water partition coefficient (Wildman–Crippen LogP) is -1.47. The lowest BCUT2D eigenvalue weighted by molar-refractivity contribution is -0.128. The summed E-state index contributed by atoms with van der Waals surface area (Å²) in [6, 6.07) is 0. The van der Waals surface area contributed by atoms with E-state index in [-0.39, 0.29) is 17.7 Å². The third-order valence-corrected chi connectivity index (χ3v) is 3.57. The molecule has 0 spiro atoms. The largest absolute Gasteiger partial charge is 0.355 e. The molecule has 2 saturated heterocycles. The quantitative estimate of drug-likeness (QED) is 0.573. The molecule has 1 unspecified atom stereocenters. The second kappa shape index (κ2) is 6.70. The molecule has 1 atom stereocenters. The van der Waals surface area contributed by atoms with E-state index in [4.69, 9.17) is 0 Å². The minimum absolute atomic E-state index is 0.0503. The van der Waals surface area contributed by atoms with Crippen molar-refractivity contribution in [3.05, 3.63) is 0 Å². The van der Waals surface area contributed by atoms with Crippen molar-refractivity contribution >= 4 is 11.8 Å². The number of hydrogen-bond acceptors (Lipinski definition) is 4. The fourth-order valence-corrected chi connectivity index (χ4v) is 2.37. The summed E-state index contributed by atoms with van der Waals surface area (Å²) in [5.41, 5.74) is 0. The Morgan fingerprint density at radius 3 is 2.83 bits per heavy atom. The molecule has 18 heavy (non-hydrogen) atoms. The van der Waals surface area contributed by atoms with Crippen molar-refractivity contribution < 1.29 is 9.59 Å². The Hall–Kier alpha value is -1.14. The summed E-state index contributed by atoms with van der Waals surface area (Å²) >= 11 is 0. The molecule has 2 rings (SSSR count). The van der Waals surface area contributed by atoms with E-state index >= 15 is 0 Å². The molecule has 6 heteroatoms. The van der Waals surface area contributed by atoms with Gasteiger partial charge >= 0.3 is 0 Å². The van der Waals surface area contributed by atoms with Crippen LogP contribution < -0.4 is 16.0 Å². The molecule has 2 aliphatic rings. The summed E-state index contributed by atoms with van der Waals surface area (Å²) < 4.78 is 0. The summed E-state index contributed by atoms with van der Waals surface area (Å²) in [7, 11) is 0. The molecule has 0 aliphatic carbocycles. The van der Waals surface area contributed by atoms with Crippen LogP contribution in [0, 0.1) is 5.92 Å². The van der Waals surface area contributed by atoms with Crippen LogP contribution in [0.4, 0.5) is 0 Å². The van der Waals surface area contributed by atoms with Crippen LogP contribution in [0.3, 0.4) is 0 Å². The first-order valence-electron chi connectivity index (χ1n) is 6.73. The number of piperazine rings is 1.